The third kappa shape index (κ3) is 3.67. The molecule has 0 aliphatic heterocycles. The summed E-state index contributed by atoms with van der Waals surface area (Å²) in [6.45, 7) is 5.24. The van der Waals surface area contributed by atoms with Crippen molar-refractivity contribution in [3.63, 3.8) is 0 Å². The van der Waals surface area contributed by atoms with Crippen molar-refractivity contribution in [1.29, 1.82) is 0 Å². The number of benzene rings is 1. The van der Waals surface area contributed by atoms with Gasteiger partial charge in [-0.1, -0.05) is 43.0 Å². The smallest absolute Gasteiger partial charge is 0.545 e. The number of hydrogen-bond acceptors (Lipinski definition) is 2. The number of hydrogen-bond donors (Lipinski definition) is 0. The number of carbonyl (C=O) groups excluding carboxylic acids is 1. The summed E-state index contributed by atoms with van der Waals surface area (Å²) >= 11 is 0. The summed E-state index contributed by atoms with van der Waals surface area (Å²) < 4.78 is 0. The van der Waals surface area contributed by atoms with Crippen LogP contribution in [0.4, 0.5) is 0 Å². The zero-order valence-corrected chi connectivity index (χ0v) is 11.0. The van der Waals surface area contributed by atoms with E-state index in [0.717, 1.165) is 0 Å². The van der Waals surface area contributed by atoms with Crippen LogP contribution in [0.1, 0.15) is 12.5 Å². The largest absolute Gasteiger partial charge is 1.00 e. The zero-order chi connectivity index (χ0) is 10.6. The molecule has 72 valence electrons. The minimum atomic E-state index is -1.17. The number of rotatable bonds is 3. The fourth-order valence-electron chi connectivity index (χ4n) is 1.21. The molecule has 15 heavy (non-hydrogen) atoms. The van der Waals surface area contributed by atoms with Crippen LogP contribution in [0.25, 0.3) is 5.57 Å². The van der Waals surface area contributed by atoms with Crippen molar-refractivity contribution >= 4 is 11.5 Å². The Labute approximate surface area is 112 Å². The molecule has 0 unspecified atom stereocenters. The van der Waals surface area contributed by atoms with Gasteiger partial charge in [-0.15, -0.1) is 0 Å². The summed E-state index contributed by atoms with van der Waals surface area (Å²) in [5, 5.41) is 10.9. The molecule has 0 aliphatic carbocycles. The van der Waals surface area contributed by atoms with Gasteiger partial charge >= 0.3 is 29.6 Å². The first kappa shape index (κ1) is 14.2. The maximum Gasteiger partial charge on any atom is 1.00 e. The van der Waals surface area contributed by atoms with E-state index in [2.05, 4.69) is 6.58 Å². The van der Waals surface area contributed by atoms with Crippen molar-refractivity contribution in [2.24, 2.45) is 0 Å². The van der Waals surface area contributed by atoms with Gasteiger partial charge in [0.1, 0.15) is 0 Å². The first-order valence-electron chi connectivity index (χ1n) is 4.27. The van der Waals surface area contributed by atoms with Crippen molar-refractivity contribution in [2.45, 2.75) is 6.92 Å². The van der Waals surface area contributed by atoms with Gasteiger partial charge in [-0.25, -0.2) is 0 Å². The fourth-order valence-corrected chi connectivity index (χ4v) is 1.21. The molecule has 1 aromatic rings. The van der Waals surface area contributed by atoms with Gasteiger partial charge in [0.2, 0.25) is 0 Å². The Balaban J connectivity index is 0.00000196. The molecule has 2 nitrogen and oxygen atoms in total. The van der Waals surface area contributed by atoms with E-state index in [1.807, 2.05) is 6.07 Å². The van der Waals surface area contributed by atoms with Crippen LogP contribution in [0.15, 0.2) is 48.6 Å². The molecule has 0 bridgehead atoms. The number of allylic oxidation sites excluding steroid dienone is 2. The molecule has 0 atom stereocenters. The topological polar surface area (TPSA) is 40.1 Å². The van der Waals surface area contributed by atoms with E-state index >= 15 is 0 Å². The molecule has 0 fully saturated rings. The fraction of sp³-hybridized carbons (Fsp3) is 0.0833. The van der Waals surface area contributed by atoms with E-state index < -0.39 is 5.97 Å². The van der Waals surface area contributed by atoms with E-state index in [0.29, 0.717) is 11.1 Å². The maximum absolute atomic E-state index is 10.9. The van der Waals surface area contributed by atoms with E-state index in [-0.39, 0.29) is 35.1 Å². The Kier molecular flexibility index (Phi) is 6.25. The van der Waals surface area contributed by atoms with Gasteiger partial charge in [0, 0.05) is 5.57 Å². The Morgan fingerprint density at radius 3 is 2.27 bits per heavy atom. The number of carboxylic acids is 1. The van der Waals surface area contributed by atoms with Crippen LogP contribution in [-0.2, 0) is 4.79 Å². The third-order valence-electron chi connectivity index (χ3n) is 1.97. The summed E-state index contributed by atoms with van der Waals surface area (Å²) in [6, 6.07) is 8.87. The molecule has 0 saturated carbocycles. The first-order chi connectivity index (χ1) is 6.66. The molecule has 0 N–H and O–H groups in total. The summed E-state index contributed by atoms with van der Waals surface area (Å²) in [7, 11) is 0. The zero-order valence-electron chi connectivity index (χ0n) is 8.99. The van der Waals surface area contributed by atoms with Crippen LogP contribution in [0.2, 0.25) is 0 Å². The van der Waals surface area contributed by atoms with Crippen molar-refractivity contribution < 1.29 is 39.5 Å². The quantitative estimate of drug-likeness (QED) is 0.342. The predicted molar refractivity (Wildman–Crippen MR) is 54.2 cm³/mol. The molecular weight excluding hydrogens is 199 g/mol. The van der Waals surface area contributed by atoms with Crippen LogP contribution in [0.3, 0.4) is 0 Å². The minimum Gasteiger partial charge on any atom is -0.545 e. The summed E-state index contributed by atoms with van der Waals surface area (Å²) in [5.41, 5.74) is 1.45. The summed E-state index contributed by atoms with van der Waals surface area (Å²) in [5.74, 6) is -1.17. The molecule has 0 aromatic heterocycles. The normalized spacial score (nSPS) is 11.0. The van der Waals surface area contributed by atoms with Gasteiger partial charge < -0.3 is 9.90 Å². The van der Waals surface area contributed by atoms with Crippen LogP contribution >= 0.6 is 0 Å². The third-order valence-corrected chi connectivity index (χ3v) is 1.97. The summed E-state index contributed by atoms with van der Waals surface area (Å²) in [6.07, 6.45) is 1.51. The van der Waals surface area contributed by atoms with Crippen LogP contribution in [0.5, 0.6) is 0 Å². The molecule has 0 spiro atoms. The molecule has 0 saturated heterocycles. The predicted octanol–water partition coefficient (Wildman–Crippen LogP) is -1.60. The van der Waals surface area contributed by atoms with Crippen molar-refractivity contribution in [3.8, 4) is 0 Å². The van der Waals surface area contributed by atoms with Crippen molar-refractivity contribution in [2.75, 3.05) is 0 Å². The Bertz CT molecular complexity index is 380. The molecule has 0 radical (unpaired) electrons. The van der Waals surface area contributed by atoms with Crippen LogP contribution < -0.4 is 34.7 Å². The molecule has 3 heteroatoms. The van der Waals surface area contributed by atoms with Gasteiger partial charge in [0.05, 0.1) is 5.97 Å². The number of carboxylic acid groups (broad SMARTS) is 1. The van der Waals surface area contributed by atoms with Crippen molar-refractivity contribution in [3.05, 3.63) is 54.1 Å². The first-order valence-corrected chi connectivity index (χ1v) is 4.27. The maximum atomic E-state index is 10.9. The van der Waals surface area contributed by atoms with Gasteiger partial charge in [-0.05, 0) is 18.1 Å². The second-order valence-electron chi connectivity index (χ2n) is 2.92. The molecular formula is C12H11NaO2. The van der Waals surface area contributed by atoms with Gasteiger partial charge in [0.15, 0.2) is 0 Å². The average Bonchev–Trinajstić information content (AvgIpc) is 2.19. The molecule has 0 aliphatic rings. The summed E-state index contributed by atoms with van der Waals surface area (Å²) in [4.78, 5) is 10.9. The van der Waals surface area contributed by atoms with E-state index in [9.17, 15) is 9.90 Å². The SMILES string of the molecule is C=CC(C)=C(C(=O)[O-])c1ccccc1.[Na+]. The Morgan fingerprint density at radius 2 is 1.87 bits per heavy atom. The molecule has 1 rings (SSSR count). The Morgan fingerprint density at radius 1 is 1.33 bits per heavy atom. The van der Waals surface area contributed by atoms with E-state index in [4.69, 9.17) is 0 Å². The van der Waals surface area contributed by atoms with Crippen LogP contribution in [0, 0.1) is 0 Å². The molecule has 0 amide bonds. The minimum absolute atomic E-state index is 0. The van der Waals surface area contributed by atoms with Crippen LogP contribution in [-0.4, -0.2) is 5.97 Å². The molecule has 0 heterocycles. The Hall–Kier alpha value is -0.830. The monoisotopic (exact) mass is 210 g/mol. The number of aliphatic carboxylic acids is 1. The standard InChI is InChI=1S/C12H12O2.Na/c1-3-9(2)11(12(13)14)10-7-5-4-6-8-10;/h3-8H,1H2,2H3,(H,13,14);/q;+1/p-1. The number of carbonyl (C=O) groups is 1. The van der Waals surface area contributed by atoms with Gasteiger partial charge in [0.25, 0.3) is 0 Å². The van der Waals surface area contributed by atoms with E-state index in [1.54, 1.807) is 31.2 Å². The van der Waals surface area contributed by atoms with E-state index in [1.165, 1.54) is 6.08 Å². The van der Waals surface area contributed by atoms with Gasteiger partial charge in [-0.2, -0.15) is 0 Å². The second-order valence-corrected chi connectivity index (χ2v) is 2.92. The second kappa shape index (κ2) is 6.62. The van der Waals surface area contributed by atoms with Gasteiger partial charge in [-0.3, -0.25) is 0 Å². The average molecular weight is 210 g/mol. The van der Waals surface area contributed by atoms with Crippen molar-refractivity contribution in [1.82, 2.24) is 0 Å². The molecule has 1 aromatic carbocycles.